The van der Waals surface area contributed by atoms with Gasteiger partial charge in [-0.15, -0.1) is 11.3 Å². The fourth-order valence-electron chi connectivity index (χ4n) is 1.99. The van der Waals surface area contributed by atoms with Crippen molar-refractivity contribution in [2.75, 3.05) is 6.61 Å². The number of nitrogens with zero attached hydrogens (tertiary/aromatic N) is 1. The lowest BCUT2D eigenvalue weighted by Gasteiger charge is -2.16. The molecule has 0 aliphatic carbocycles. The summed E-state index contributed by atoms with van der Waals surface area (Å²) in [4.78, 5) is 16.2. The molecule has 1 amide bonds. The Morgan fingerprint density at radius 2 is 2.15 bits per heavy atom. The summed E-state index contributed by atoms with van der Waals surface area (Å²) in [5.74, 6) is -0.106. The number of aliphatic hydroxyl groups excluding tert-OH is 1. The highest BCUT2D eigenvalue weighted by Crippen LogP contribution is 2.09. The monoisotopic (exact) mass is 290 g/mol. The second-order valence-electron chi connectivity index (χ2n) is 4.67. The Kier molecular flexibility index (Phi) is 5.26. The molecule has 20 heavy (non-hydrogen) atoms. The van der Waals surface area contributed by atoms with E-state index in [1.165, 1.54) is 11.3 Å². The summed E-state index contributed by atoms with van der Waals surface area (Å²) in [6, 6.07) is 9.55. The fraction of sp³-hybridized carbons (Fsp3) is 0.333. The van der Waals surface area contributed by atoms with Gasteiger partial charge in [0.2, 0.25) is 5.91 Å². The average Bonchev–Trinajstić information content (AvgIpc) is 2.84. The molecule has 0 aliphatic heterocycles. The first kappa shape index (κ1) is 14.7. The molecule has 2 N–H and O–H groups in total. The highest BCUT2D eigenvalue weighted by molar-refractivity contribution is 7.09. The van der Waals surface area contributed by atoms with Gasteiger partial charge in [0.15, 0.2) is 0 Å². The predicted octanol–water partition coefficient (Wildman–Crippen LogP) is 1.71. The smallest absolute Gasteiger partial charge is 0.226 e. The molecule has 0 radical (unpaired) electrons. The highest BCUT2D eigenvalue weighted by Gasteiger charge is 2.13. The molecule has 1 atom stereocenters. The van der Waals surface area contributed by atoms with Gasteiger partial charge in [-0.2, -0.15) is 0 Å². The van der Waals surface area contributed by atoms with E-state index in [9.17, 15) is 9.90 Å². The van der Waals surface area contributed by atoms with E-state index in [0.29, 0.717) is 6.42 Å². The van der Waals surface area contributed by atoms with Crippen LogP contribution >= 0.6 is 11.3 Å². The molecule has 2 aromatic rings. The number of nitrogens with one attached hydrogen (secondary N) is 1. The predicted molar refractivity (Wildman–Crippen MR) is 79.7 cm³/mol. The summed E-state index contributed by atoms with van der Waals surface area (Å²) in [6.07, 6.45) is 0.884. The van der Waals surface area contributed by atoms with E-state index < -0.39 is 0 Å². The van der Waals surface area contributed by atoms with Crippen LogP contribution in [0.4, 0.5) is 0 Å². The van der Waals surface area contributed by atoms with Crippen molar-refractivity contribution < 1.29 is 9.90 Å². The molecule has 0 aliphatic rings. The minimum absolute atomic E-state index is 0.0727. The number of aromatic nitrogens is 1. The van der Waals surface area contributed by atoms with Crippen LogP contribution in [-0.2, 0) is 17.6 Å². The Balaban J connectivity index is 1.88. The van der Waals surface area contributed by atoms with Crippen LogP contribution < -0.4 is 5.32 Å². The lowest BCUT2D eigenvalue weighted by molar-refractivity contribution is -0.121. The zero-order chi connectivity index (χ0) is 14.4. The van der Waals surface area contributed by atoms with E-state index in [1.807, 2.05) is 42.6 Å². The Bertz CT molecular complexity index is 554. The molecule has 1 unspecified atom stereocenters. The molecular weight excluding hydrogens is 272 g/mol. The van der Waals surface area contributed by atoms with Crippen LogP contribution in [0.3, 0.4) is 0 Å². The van der Waals surface area contributed by atoms with Crippen LogP contribution in [0.2, 0.25) is 0 Å². The van der Waals surface area contributed by atoms with Crippen molar-refractivity contribution >= 4 is 17.2 Å². The maximum atomic E-state index is 11.9. The van der Waals surface area contributed by atoms with E-state index >= 15 is 0 Å². The summed E-state index contributed by atoms with van der Waals surface area (Å²) < 4.78 is 0. The second-order valence-corrected chi connectivity index (χ2v) is 5.73. The molecule has 0 bridgehead atoms. The third-order valence-electron chi connectivity index (χ3n) is 2.92. The molecule has 5 heteroatoms. The molecule has 0 saturated heterocycles. The van der Waals surface area contributed by atoms with Crippen molar-refractivity contribution in [1.82, 2.24) is 10.3 Å². The molecule has 0 spiro atoms. The molecule has 0 saturated carbocycles. The molecule has 2 rings (SSSR count). The Morgan fingerprint density at radius 3 is 2.75 bits per heavy atom. The first-order valence-corrected chi connectivity index (χ1v) is 7.40. The molecule has 1 aromatic carbocycles. The Morgan fingerprint density at radius 1 is 1.40 bits per heavy atom. The lowest BCUT2D eigenvalue weighted by Crippen LogP contribution is -2.39. The minimum atomic E-state index is -0.260. The van der Waals surface area contributed by atoms with E-state index in [4.69, 9.17) is 0 Å². The van der Waals surface area contributed by atoms with Crippen LogP contribution in [0, 0.1) is 6.92 Å². The van der Waals surface area contributed by atoms with E-state index in [0.717, 1.165) is 16.3 Å². The first-order valence-electron chi connectivity index (χ1n) is 6.52. The van der Waals surface area contributed by atoms with Gasteiger partial charge in [0.05, 0.1) is 29.8 Å². The maximum Gasteiger partial charge on any atom is 0.226 e. The summed E-state index contributed by atoms with van der Waals surface area (Å²) in [5, 5.41) is 15.1. The van der Waals surface area contributed by atoms with Gasteiger partial charge in [-0.25, -0.2) is 4.98 Å². The summed E-state index contributed by atoms with van der Waals surface area (Å²) in [6.45, 7) is 1.84. The van der Waals surface area contributed by atoms with Gasteiger partial charge in [-0.3, -0.25) is 4.79 Å². The van der Waals surface area contributed by atoms with Crippen molar-refractivity contribution in [3.63, 3.8) is 0 Å². The van der Waals surface area contributed by atoms with Gasteiger partial charge in [0, 0.05) is 5.38 Å². The van der Waals surface area contributed by atoms with Gasteiger partial charge < -0.3 is 10.4 Å². The van der Waals surface area contributed by atoms with E-state index in [1.54, 1.807) is 0 Å². The second kappa shape index (κ2) is 7.17. The number of benzene rings is 1. The van der Waals surface area contributed by atoms with Gasteiger partial charge in [0.25, 0.3) is 0 Å². The number of rotatable bonds is 6. The lowest BCUT2D eigenvalue weighted by atomic mass is 10.1. The third-order valence-corrected chi connectivity index (χ3v) is 3.74. The fourth-order valence-corrected chi connectivity index (χ4v) is 2.61. The number of carbonyl (C=O) groups excluding carboxylic acids is 1. The summed E-state index contributed by atoms with van der Waals surface area (Å²) in [5.41, 5.74) is 1.87. The number of hydrogen-bond acceptors (Lipinski definition) is 4. The third kappa shape index (κ3) is 4.43. The Labute approximate surface area is 122 Å². The van der Waals surface area contributed by atoms with Crippen LogP contribution in [0.25, 0.3) is 0 Å². The number of aliphatic hydroxyl groups is 1. The van der Waals surface area contributed by atoms with Crippen molar-refractivity contribution in [2.24, 2.45) is 0 Å². The summed E-state index contributed by atoms with van der Waals surface area (Å²) in [7, 11) is 0. The summed E-state index contributed by atoms with van der Waals surface area (Å²) >= 11 is 1.53. The van der Waals surface area contributed by atoms with Gasteiger partial charge in [0.1, 0.15) is 0 Å². The maximum absolute atomic E-state index is 11.9. The number of aryl methyl sites for hydroxylation is 1. The number of hydrogen-bond donors (Lipinski definition) is 2. The normalized spacial score (nSPS) is 12.1. The number of amides is 1. The zero-order valence-electron chi connectivity index (χ0n) is 11.4. The minimum Gasteiger partial charge on any atom is -0.394 e. The van der Waals surface area contributed by atoms with Crippen LogP contribution in [0.1, 0.15) is 16.3 Å². The van der Waals surface area contributed by atoms with E-state index in [-0.39, 0.29) is 25.0 Å². The number of thiazole rings is 1. The first-order chi connectivity index (χ1) is 9.67. The van der Waals surface area contributed by atoms with Crippen LogP contribution in [0.15, 0.2) is 35.7 Å². The van der Waals surface area contributed by atoms with Crippen molar-refractivity contribution in [2.45, 2.75) is 25.8 Å². The number of carbonyl (C=O) groups is 1. The van der Waals surface area contributed by atoms with Crippen molar-refractivity contribution in [3.05, 3.63) is 52.0 Å². The van der Waals surface area contributed by atoms with E-state index in [2.05, 4.69) is 10.3 Å². The zero-order valence-corrected chi connectivity index (χ0v) is 12.2. The van der Waals surface area contributed by atoms with Crippen LogP contribution in [-0.4, -0.2) is 28.6 Å². The van der Waals surface area contributed by atoms with Crippen molar-refractivity contribution in [1.29, 1.82) is 0 Å². The molecule has 4 nitrogen and oxygen atoms in total. The topological polar surface area (TPSA) is 62.2 Å². The molecule has 1 heterocycles. The average molecular weight is 290 g/mol. The van der Waals surface area contributed by atoms with Gasteiger partial charge in [-0.1, -0.05) is 30.3 Å². The molecule has 106 valence electrons. The van der Waals surface area contributed by atoms with Crippen molar-refractivity contribution in [3.8, 4) is 0 Å². The van der Waals surface area contributed by atoms with Crippen LogP contribution in [0.5, 0.6) is 0 Å². The molecule has 0 fully saturated rings. The molecular formula is C15H18N2O2S. The van der Waals surface area contributed by atoms with Gasteiger partial charge >= 0.3 is 0 Å². The highest BCUT2D eigenvalue weighted by atomic mass is 32.1. The Hall–Kier alpha value is -1.72. The molecule has 1 aromatic heterocycles. The van der Waals surface area contributed by atoms with Gasteiger partial charge in [-0.05, 0) is 18.9 Å². The standard InChI is InChI=1S/C15H18N2O2S/c1-11-16-14(10-20-11)8-15(19)17-13(9-18)7-12-5-3-2-4-6-12/h2-6,10,13,18H,7-9H2,1H3,(H,17,19). The largest absolute Gasteiger partial charge is 0.394 e. The SMILES string of the molecule is Cc1nc(CC(=O)NC(CO)Cc2ccccc2)cs1. The quantitative estimate of drug-likeness (QED) is 0.851.